The number of hydrogen-bond acceptors (Lipinski definition) is 5. The number of nitrogens with one attached hydrogen (secondary N) is 1. The Kier molecular flexibility index (Phi) is 7.67. The molecule has 0 unspecified atom stereocenters. The van der Waals surface area contributed by atoms with Crippen molar-refractivity contribution in [2.75, 3.05) is 6.61 Å². The summed E-state index contributed by atoms with van der Waals surface area (Å²) in [7, 11) is -1.95. The van der Waals surface area contributed by atoms with Crippen molar-refractivity contribution in [3.63, 3.8) is 0 Å². The van der Waals surface area contributed by atoms with E-state index in [2.05, 4.69) is 39.2 Å². The van der Waals surface area contributed by atoms with Gasteiger partial charge in [0.05, 0.1) is 11.3 Å². The summed E-state index contributed by atoms with van der Waals surface area (Å²) in [5.41, 5.74) is 5.79. The van der Waals surface area contributed by atoms with E-state index < -0.39 is 31.1 Å². The van der Waals surface area contributed by atoms with Gasteiger partial charge in [-0.1, -0.05) is 32.9 Å². The second kappa shape index (κ2) is 9.09. The second-order valence-electron chi connectivity index (χ2n) is 8.02. The van der Waals surface area contributed by atoms with E-state index in [9.17, 15) is 19.7 Å². The largest absolute Gasteiger partial charge is 0.417 e. The lowest BCUT2D eigenvalue weighted by atomic mass is 10.1. The number of amides is 2. The van der Waals surface area contributed by atoms with Crippen molar-refractivity contribution < 1.29 is 18.9 Å². The van der Waals surface area contributed by atoms with Crippen molar-refractivity contribution in [1.29, 1.82) is 0 Å². The van der Waals surface area contributed by atoms with Crippen LogP contribution in [-0.4, -0.2) is 37.7 Å². The number of nitro groups is 1. The molecule has 1 aromatic carbocycles. The van der Waals surface area contributed by atoms with Crippen LogP contribution < -0.4 is 11.1 Å². The van der Waals surface area contributed by atoms with Gasteiger partial charge in [-0.25, -0.2) is 0 Å². The lowest BCUT2D eigenvalue weighted by molar-refractivity contribution is -0.384. The fourth-order valence-corrected chi connectivity index (χ4v) is 3.21. The molecule has 0 spiro atoms. The van der Waals surface area contributed by atoms with Crippen LogP contribution in [0.4, 0.5) is 5.69 Å². The highest BCUT2D eigenvalue weighted by Gasteiger charge is 2.37. The van der Waals surface area contributed by atoms with Crippen LogP contribution in [0.3, 0.4) is 0 Å². The molecule has 2 amide bonds. The Morgan fingerprint density at radius 3 is 2.48 bits per heavy atom. The molecule has 9 heteroatoms. The highest BCUT2D eigenvalue weighted by Crippen LogP contribution is 2.36. The molecule has 0 radical (unpaired) electrons. The van der Waals surface area contributed by atoms with Crippen LogP contribution >= 0.6 is 0 Å². The highest BCUT2D eigenvalue weighted by molar-refractivity contribution is 6.74. The predicted octanol–water partition coefficient (Wildman–Crippen LogP) is 2.52. The molecule has 1 aromatic rings. The molecule has 8 nitrogen and oxygen atoms in total. The number of benzene rings is 1. The maximum Gasteiger partial charge on any atom is 0.269 e. The number of hydrogen-bond donors (Lipinski definition) is 2. The van der Waals surface area contributed by atoms with Gasteiger partial charge in [0.25, 0.3) is 5.69 Å². The SMILES string of the molecule is CC(C)(C)[Si](C)(C)OCC[C@@H](NC(=O)Cc1cccc([N+](=O)[O-])c1)C(N)=O. The third-order valence-electron chi connectivity index (χ3n) is 4.84. The molecule has 1 rings (SSSR count). The molecule has 0 aliphatic heterocycles. The third-order valence-corrected chi connectivity index (χ3v) is 9.38. The smallest absolute Gasteiger partial charge is 0.269 e. The van der Waals surface area contributed by atoms with Crippen LogP contribution in [0, 0.1) is 10.1 Å². The summed E-state index contributed by atoms with van der Waals surface area (Å²) in [4.78, 5) is 34.2. The van der Waals surface area contributed by atoms with Crippen molar-refractivity contribution in [1.82, 2.24) is 5.32 Å². The van der Waals surface area contributed by atoms with Crippen LogP contribution in [0.25, 0.3) is 0 Å². The first kappa shape index (κ1) is 22.8. The number of carbonyl (C=O) groups is 2. The lowest BCUT2D eigenvalue weighted by Crippen LogP contribution is -2.47. The minimum Gasteiger partial charge on any atom is -0.417 e. The van der Waals surface area contributed by atoms with E-state index in [4.69, 9.17) is 10.2 Å². The van der Waals surface area contributed by atoms with Crippen molar-refractivity contribution in [2.45, 2.75) is 57.8 Å². The molecule has 0 aliphatic rings. The van der Waals surface area contributed by atoms with Gasteiger partial charge in [0.15, 0.2) is 8.32 Å². The van der Waals surface area contributed by atoms with Gasteiger partial charge in [0, 0.05) is 18.7 Å². The summed E-state index contributed by atoms with van der Waals surface area (Å²) in [6.45, 7) is 10.9. The zero-order valence-corrected chi connectivity index (χ0v) is 17.6. The maximum atomic E-state index is 12.2. The molecule has 0 aromatic heterocycles. The van der Waals surface area contributed by atoms with Crippen molar-refractivity contribution in [3.8, 4) is 0 Å². The van der Waals surface area contributed by atoms with Gasteiger partial charge in [-0.05, 0) is 30.1 Å². The van der Waals surface area contributed by atoms with Crippen molar-refractivity contribution in [3.05, 3.63) is 39.9 Å². The van der Waals surface area contributed by atoms with Crippen LogP contribution in [-0.2, 0) is 20.4 Å². The van der Waals surface area contributed by atoms with Gasteiger partial charge >= 0.3 is 0 Å². The van der Waals surface area contributed by atoms with E-state index in [1.165, 1.54) is 18.2 Å². The number of nitro benzene ring substituents is 1. The third kappa shape index (κ3) is 7.10. The van der Waals surface area contributed by atoms with E-state index in [0.717, 1.165) is 0 Å². The second-order valence-corrected chi connectivity index (χ2v) is 12.8. The molecule has 0 saturated carbocycles. The molecule has 1 atom stereocenters. The zero-order valence-electron chi connectivity index (χ0n) is 16.6. The molecule has 27 heavy (non-hydrogen) atoms. The van der Waals surface area contributed by atoms with E-state index in [0.29, 0.717) is 12.2 Å². The minimum absolute atomic E-state index is 0.0422. The average Bonchev–Trinajstić information content (AvgIpc) is 2.52. The van der Waals surface area contributed by atoms with E-state index in [1.807, 2.05) is 0 Å². The predicted molar refractivity (Wildman–Crippen MR) is 106 cm³/mol. The molecule has 3 N–H and O–H groups in total. The summed E-state index contributed by atoms with van der Waals surface area (Å²) < 4.78 is 6.02. The Labute approximate surface area is 160 Å². The quantitative estimate of drug-likeness (QED) is 0.378. The minimum atomic E-state index is -1.95. The first-order valence-electron chi connectivity index (χ1n) is 8.79. The molecule has 0 bridgehead atoms. The topological polar surface area (TPSA) is 125 Å². The monoisotopic (exact) mass is 395 g/mol. The van der Waals surface area contributed by atoms with Crippen LogP contribution in [0.15, 0.2) is 24.3 Å². The van der Waals surface area contributed by atoms with Crippen LogP contribution in [0.5, 0.6) is 0 Å². The van der Waals surface area contributed by atoms with E-state index >= 15 is 0 Å². The summed E-state index contributed by atoms with van der Waals surface area (Å²) in [5, 5.41) is 13.4. The van der Waals surface area contributed by atoms with Crippen molar-refractivity contribution in [2.24, 2.45) is 5.73 Å². The summed E-state index contributed by atoms with van der Waals surface area (Å²) >= 11 is 0. The highest BCUT2D eigenvalue weighted by atomic mass is 28.4. The van der Waals surface area contributed by atoms with Crippen LogP contribution in [0.2, 0.25) is 18.1 Å². The average molecular weight is 396 g/mol. The molecule has 0 heterocycles. The first-order valence-corrected chi connectivity index (χ1v) is 11.7. The van der Waals surface area contributed by atoms with Gasteiger partial charge < -0.3 is 15.5 Å². The van der Waals surface area contributed by atoms with Crippen molar-refractivity contribution >= 4 is 25.8 Å². The van der Waals surface area contributed by atoms with E-state index in [-0.39, 0.29) is 23.6 Å². The molecule has 0 aliphatic carbocycles. The number of non-ortho nitro benzene ring substituents is 1. The maximum absolute atomic E-state index is 12.2. The Hall–Kier alpha value is -2.26. The van der Waals surface area contributed by atoms with Gasteiger partial charge in [-0.2, -0.15) is 0 Å². The van der Waals surface area contributed by atoms with Gasteiger partial charge in [0.2, 0.25) is 11.8 Å². The number of rotatable bonds is 9. The van der Waals surface area contributed by atoms with Gasteiger partial charge in [-0.3, -0.25) is 19.7 Å². The summed E-state index contributed by atoms with van der Waals surface area (Å²) in [5.74, 6) is -1.06. The van der Waals surface area contributed by atoms with Gasteiger partial charge in [-0.15, -0.1) is 0 Å². The number of primary amides is 1. The lowest BCUT2D eigenvalue weighted by Gasteiger charge is -2.36. The number of carbonyl (C=O) groups excluding carboxylic acids is 2. The molecular formula is C18H29N3O5Si. The Morgan fingerprint density at radius 2 is 1.96 bits per heavy atom. The first-order chi connectivity index (χ1) is 12.3. The Balaban J connectivity index is 2.64. The number of nitrogens with two attached hydrogens (primary N) is 1. The molecule has 150 valence electrons. The molecule has 0 fully saturated rings. The Morgan fingerprint density at radius 1 is 1.33 bits per heavy atom. The summed E-state index contributed by atoms with van der Waals surface area (Å²) in [6.07, 6.45) is 0.205. The fraction of sp³-hybridized carbons (Fsp3) is 0.556. The number of nitrogens with zero attached hydrogens (tertiary/aromatic N) is 1. The van der Waals surface area contributed by atoms with Gasteiger partial charge in [0.1, 0.15) is 6.04 Å². The Bertz CT molecular complexity index is 700. The van der Waals surface area contributed by atoms with E-state index in [1.54, 1.807) is 6.07 Å². The molecule has 0 saturated heterocycles. The standard InChI is InChI=1S/C18H29N3O5Si/c1-18(2,3)27(4,5)26-10-9-15(17(19)23)20-16(22)12-13-7-6-8-14(11-13)21(24)25/h6-8,11,15H,9-10,12H2,1-5H3,(H2,19,23)(H,20,22)/t15-/m1/s1. The van der Waals surface area contributed by atoms with Crippen LogP contribution in [0.1, 0.15) is 32.8 Å². The zero-order chi connectivity index (χ0) is 20.8. The molecular weight excluding hydrogens is 366 g/mol. The summed E-state index contributed by atoms with van der Waals surface area (Å²) in [6, 6.07) is 4.97. The normalized spacial score (nSPS) is 13.1. The fourth-order valence-electron chi connectivity index (χ4n) is 2.14.